The minimum atomic E-state index is -3.83. The van der Waals surface area contributed by atoms with Crippen molar-refractivity contribution in [2.75, 3.05) is 25.0 Å². The van der Waals surface area contributed by atoms with Crippen molar-refractivity contribution in [2.24, 2.45) is 13.0 Å². The summed E-state index contributed by atoms with van der Waals surface area (Å²) in [6, 6.07) is 17.3. The summed E-state index contributed by atoms with van der Waals surface area (Å²) in [6.45, 7) is 2.90. The Kier molecular flexibility index (Phi) is 7.21. The molecule has 0 saturated carbocycles. The van der Waals surface area contributed by atoms with Crippen molar-refractivity contribution >= 4 is 21.6 Å². The Morgan fingerprint density at radius 1 is 1.00 bits per heavy atom. The number of hydrogen-bond acceptors (Lipinski definition) is 4. The first-order chi connectivity index (χ1) is 16.7. The van der Waals surface area contributed by atoms with E-state index in [-0.39, 0.29) is 16.8 Å². The van der Waals surface area contributed by atoms with Gasteiger partial charge in [-0.2, -0.15) is 0 Å². The lowest BCUT2D eigenvalue weighted by molar-refractivity contribution is 0.0673. The molecule has 7 nitrogen and oxygen atoms in total. The standard InChI is InChI=1S/C27H33N3O4S/c1-20-11-16-24(23-9-7-18-28(23)2)30(19-17-20)27(31)21-12-14-22(15-13-21)35(32,33)29(3)25-8-5-6-10-26(25)34-4/h5-10,12-15,18,20,24H,11,16-17,19H2,1-4H3/t20-,24+/m1/s1. The molecule has 1 fully saturated rings. The number of methoxy groups -OCH3 is 1. The fourth-order valence-corrected chi connectivity index (χ4v) is 5.95. The number of rotatable bonds is 6. The summed E-state index contributed by atoms with van der Waals surface area (Å²) < 4.78 is 35.2. The topological polar surface area (TPSA) is 71.8 Å². The first-order valence-electron chi connectivity index (χ1n) is 11.9. The molecular weight excluding hydrogens is 462 g/mol. The van der Waals surface area contributed by atoms with Crippen LogP contribution in [-0.4, -0.2) is 44.5 Å². The highest BCUT2D eigenvalue weighted by atomic mass is 32.2. The Morgan fingerprint density at radius 3 is 2.37 bits per heavy atom. The van der Waals surface area contributed by atoms with Crippen LogP contribution in [0.2, 0.25) is 0 Å². The van der Waals surface area contributed by atoms with E-state index in [9.17, 15) is 13.2 Å². The molecule has 0 spiro atoms. The van der Waals surface area contributed by atoms with Gasteiger partial charge in [-0.25, -0.2) is 8.42 Å². The number of aryl methyl sites for hydroxylation is 1. The minimum absolute atomic E-state index is 0.00691. The van der Waals surface area contributed by atoms with Gasteiger partial charge in [0, 0.05) is 38.1 Å². The molecule has 1 saturated heterocycles. The number of ether oxygens (including phenoxy) is 1. The van der Waals surface area contributed by atoms with Crippen molar-refractivity contribution in [2.45, 2.75) is 37.1 Å². The van der Waals surface area contributed by atoms with E-state index in [0.717, 1.165) is 25.0 Å². The number of sulfonamides is 1. The summed E-state index contributed by atoms with van der Waals surface area (Å²) in [5, 5.41) is 0. The lowest BCUT2D eigenvalue weighted by atomic mass is 10.00. The van der Waals surface area contributed by atoms with Crippen molar-refractivity contribution in [3.63, 3.8) is 0 Å². The molecule has 0 unspecified atom stereocenters. The van der Waals surface area contributed by atoms with Gasteiger partial charge >= 0.3 is 0 Å². The van der Waals surface area contributed by atoms with Gasteiger partial charge in [0.25, 0.3) is 15.9 Å². The van der Waals surface area contributed by atoms with Gasteiger partial charge in [0.1, 0.15) is 5.75 Å². The quantitative estimate of drug-likeness (QED) is 0.490. The third-order valence-corrected chi connectivity index (χ3v) is 8.73. The SMILES string of the molecule is COc1ccccc1N(C)S(=O)(=O)c1ccc(C(=O)N2CC[C@H](C)CC[C@H]2c2cccn2C)cc1. The molecule has 3 aromatic rings. The van der Waals surface area contributed by atoms with Crippen molar-refractivity contribution in [3.05, 3.63) is 78.1 Å². The maximum absolute atomic E-state index is 13.6. The number of carbonyl (C=O) groups is 1. The van der Waals surface area contributed by atoms with Crippen molar-refractivity contribution < 1.29 is 17.9 Å². The van der Waals surface area contributed by atoms with E-state index in [1.165, 1.54) is 30.6 Å². The van der Waals surface area contributed by atoms with Gasteiger partial charge < -0.3 is 14.2 Å². The number of carbonyl (C=O) groups excluding carboxylic acids is 1. The molecule has 2 atom stereocenters. The summed E-state index contributed by atoms with van der Waals surface area (Å²) in [5.74, 6) is 0.938. The van der Waals surface area contributed by atoms with Crippen LogP contribution in [0.3, 0.4) is 0 Å². The van der Waals surface area contributed by atoms with Crippen LogP contribution < -0.4 is 9.04 Å². The van der Waals surface area contributed by atoms with E-state index < -0.39 is 10.0 Å². The van der Waals surface area contributed by atoms with E-state index in [2.05, 4.69) is 17.6 Å². The molecule has 186 valence electrons. The lowest BCUT2D eigenvalue weighted by Gasteiger charge is -2.31. The van der Waals surface area contributed by atoms with Gasteiger partial charge in [-0.15, -0.1) is 0 Å². The molecule has 0 radical (unpaired) electrons. The zero-order valence-electron chi connectivity index (χ0n) is 20.7. The van der Waals surface area contributed by atoms with Gasteiger partial charge in [-0.1, -0.05) is 19.1 Å². The fourth-order valence-electron chi connectivity index (χ4n) is 4.74. The van der Waals surface area contributed by atoms with Crippen molar-refractivity contribution in [1.82, 2.24) is 9.47 Å². The number of aromatic nitrogens is 1. The Bertz CT molecular complexity index is 1280. The number of hydrogen-bond donors (Lipinski definition) is 0. The third-order valence-electron chi connectivity index (χ3n) is 6.94. The molecule has 1 aliphatic rings. The summed E-state index contributed by atoms with van der Waals surface area (Å²) in [4.78, 5) is 15.7. The highest BCUT2D eigenvalue weighted by Crippen LogP contribution is 2.34. The van der Waals surface area contributed by atoms with Crippen LogP contribution in [0, 0.1) is 5.92 Å². The molecule has 35 heavy (non-hydrogen) atoms. The summed E-state index contributed by atoms with van der Waals surface area (Å²) in [5.41, 5.74) is 2.04. The predicted molar refractivity (Wildman–Crippen MR) is 137 cm³/mol. The average Bonchev–Trinajstić information content (AvgIpc) is 3.20. The van der Waals surface area contributed by atoms with E-state index in [4.69, 9.17) is 4.74 Å². The second-order valence-electron chi connectivity index (χ2n) is 9.20. The molecule has 2 heterocycles. The molecular formula is C27H33N3O4S. The number of amides is 1. The Labute approximate surface area is 208 Å². The molecule has 1 aliphatic heterocycles. The smallest absolute Gasteiger partial charge is 0.264 e. The summed E-state index contributed by atoms with van der Waals surface area (Å²) in [7, 11) is 1.17. The third kappa shape index (κ3) is 4.93. The number of likely N-dealkylation sites (tertiary alicyclic amines) is 1. The van der Waals surface area contributed by atoms with Gasteiger partial charge in [-0.05, 0) is 73.7 Å². The average molecular weight is 496 g/mol. The van der Waals surface area contributed by atoms with Crippen LogP contribution in [0.25, 0.3) is 0 Å². The van der Waals surface area contributed by atoms with Gasteiger partial charge in [0.05, 0.1) is 23.7 Å². The number of para-hydroxylation sites is 2. The predicted octanol–water partition coefficient (Wildman–Crippen LogP) is 4.86. The minimum Gasteiger partial charge on any atom is -0.495 e. The van der Waals surface area contributed by atoms with Gasteiger partial charge in [-0.3, -0.25) is 9.10 Å². The molecule has 1 amide bonds. The van der Waals surface area contributed by atoms with E-state index in [1.807, 2.05) is 24.2 Å². The van der Waals surface area contributed by atoms with Crippen LogP contribution in [0.1, 0.15) is 48.3 Å². The van der Waals surface area contributed by atoms with Crippen molar-refractivity contribution in [3.8, 4) is 5.75 Å². The maximum atomic E-state index is 13.6. The normalized spacial score (nSPS) is 18.7. The highest BCUT2D eigenvalue weighted by Gasteiger charge is 2.31. The number of anilines is 1. The first kappa shape index (κ1) is 24.9. The molecule has 0 bridgehead atoms. The number of benzene rings is 2. The van der Waals surface area contributed by atoms with Gasteiger partial charge in [0.2, 0.25) is 0 Å². The molecule has 1 aromatic heterocycles. The second kappa shape index (κ2) is 10.2. The van der Waals surface area contributed by atoms with Crippen molar-refractivity contribution in [1.29, 1.82) is 0 Å². The van der Waals surface area contributed by atoms with Crippen LogP contribution >= 0.6 is 0 Å². The first-order valence-corrected chi connectivity index (χ1v) is 13.3. The van der Waals surface area contributed by atoms with E-state index in [1.54, 1.807) is 36.4 Å². The van der Waals surface area contributed by atoms with Crippen LogP contribution in [0.15, 0.2) is 71.8 Å². The second-order valence-corrected chi connectivity index (χ2v) is 11.2. The summed E-state index contributed by atoms with van der Waals surface area (Å²) >= 11 is 0. The summed E-state index contributed by atoms with van der Waals surface area (Å²) in [6.07, 6.45) is 4.92. The molecule has 4 rings (SSSR count). The molecule has 2 aromatic carbocycles. The van der Waals surface area contributed by atoms with Crippen LogP contribution in [-0.2, 0) is 17.1 Å². The zero-order valence-corrected chi connectivity index (χ0v) is 21.5. The Morgan fingerprint density at radius 2 is 1.71 bits per heavy atom. The lowest BCUT2D eigenvalue weighted by Crippen LogP contribution is -2.35. The maximum Gasteiger partial charge on any atom is 0.264 e. The Balaban J connectivity index is 1.61. The van der Waals surface area contributed by atoms with Gasteiger partial charge in [0.15, 0.2) is 0 Å². The Hall–Kier alpha value is -3.26. The molecule has 0 N–H and O–H groups in total. The number of nitrogens with zero attached hydrogens (tertiary/aromatic N) is 3. The highest BCUT2D eigenvalue weighted by molar-refractivity contribution is 7.92. The van der Waals surface area contributed by atoms with Crippen LogP contribution in [0.5, 0.6) is 5.75 Å². The van der Waals surface area contributed by atoms with E-state index >= 15 is 0 Å². The fraction of sp³-hybridized carbons (Fsp3) is 0.370. The molecule has 0 aliphatic carbocycles. The zero-order chi connectivity index (χ0) is 25.2. The van der Waals surface area contributed by atoms with E-state index in [0.29, 0.717) is 29.5 Å². The van der Waals surface area contributed by atoms with Crippen LogP contribution in [0.4, 0.5) is 5.69 Å². The molecule has 8 heteroatoms. The largest absolute Gasteiger partial charge is 0.495 e. The monoisotopic (exact) mass is 495 g/mol.